The highest BCUT2D eigenvalue weighted by Crippen LogP contribution is 2.45. The highest BCUT2D eigenvalue weighted by atomic mass is 79.9. The highest BCUT2D eigenvalue weighted by molar-refractivity contribution is 9.10. The van der Waals surface area contributed by atoms with Crippen LogP contribution in [0.4, 0.5) is 30.7 Å². The van der Waals surface area contributed by atoms with Gasteiger partial charge in [-0.15, -0.1) is 6.58 Å². The normalized spacial score (nSPS) is 12.6. The first-order valence-electron chi connectivity index (χ1n) is 9.72. The van der Waals surface area contributed by atoms with E-state index in [1.54, 1.807) is 6.92 Å². The summed E-state index contributed by atoms with van der Waals surface area (Å²) < 4.78 is 102. The Balaban J connectivity index is 2.31. The van der Waals surface area contributed by atoms with Gasteiger partial charge in [0.15, 0.2) is 11.5 Å². The zero-order valence-corrected chi connectivity index (χ0v) is 19.3. The Kier molecular flexibility index (Phi) is 8.98. The lowest BCUT2D eigenvalue weighted by molar-refractivity contribution is -0.361. The van der Waals surface area contributed by atoms with Crippen LogP contribution >= 0.6 is 15.9 Å². The molecule has 0 fully saturated rings. The molecule has 0 unspecified atom stereocenters. The predicted molar refractivity (Wildman–Crippen MR) is 117 cm³/mol. The van der Waals surface area contributed by atoms with Crippen LogP contribution in [0.2, 0.25) is 0 Å². The van der Waals surface area contributed by atoms with Gasteiger partial charge in [-0.05, 0) is 48.7 Å². The zero-order chi connectivity index (χ0) is 25.6. The fraction of sp³-hybridized carbons (Fsp3) is 0.318. The van der Waals surface area contributed by atoms with Gasteiger partial charge in [0, 0.05) is 10.0 Å². The summed E-state index contributed by atoms with van der Waals surface area (Å²) in [6.45, 7) is 5.70. The van der Waals surface area contributed by atoms with Crippen LogP contribution in [-0.4, -0.2) is 31.0 Å². The minimum absolute atomic E-state index is 0.0925. The number of benzene rings is 2. The van der Waals surface area contributed by atoms with Crippen molar-refractivity contribution < 1.29 is 40.2 Å². The Morgan fingerprint density at radius 2 is 1.68 bits per heavy atom. The van der Waals surface area contributed by atoms with Gasteiger partial charge in [0.25, 0.3) is 0 Å². The number of alkyl halides is 7. The summed E-state index contributed by atoms with van der Waals surface area (Å²) in [5.41, 5.74) is 2.04. The van der Waals surface area contributed by atoms with Gasteiger partial charge in [0.05, 0.1) is 12.8 Å². The fourth-order valence-corrected chi connectivity index (χ4v) is 2.93. The Labute approximate surface area is 199 Å². The average Bonchev–Trinajstić information content (AvgIpc) is 2.74. The van der Waals surface area contributed by atoms with Crippen LogP contribution in [0.1, 0.15) is 23.6 Å². The number of allylic oxidation sites excluding steroid dienone is 1. The van der Waals surface area contributed by atoms with E-state index in [0.29, 0.717) is 23.0 Å². The van der Waals surface area contributed by atoms with Gasteiger partial charge in [-0.1, -0.05) is 34.1 Å². The number of halogens is 8. The zero-order valence-electron chi connectivity index (χ0n) is 17.7. The molecule has 0 heterocycles. The molecule has 0 aliphatic heterocycles. The summed E-state index contributed by atoms with van der Waals surface area (Å²) in [4.78, 5) is 0. The number of hydrazone groups is 1. The third-order valence-corrected chi connectivity index (χ3v) is 4.81. The van der Waals surface area contributed by atoms with Crippen molar-refractivity contribution in [1.82, 2.24) is 5.43 Å². The van der Waals surface area contributed by atoms with E-state index in [9.17, 15) is 30.7 Å². The van der Waals surface area contributed by atoms with Crippen molar-refractivity contribution in [3.05, 3.63) is 70.2 Å². The first-order chi connectivity index (χ1) is 15.8. The molecule has 4 nitrogen and oxygen atoms in total. The molecule has 0 atom stereocenters. The number of nitrogens with zero attached hydrogens (tertiary/aromatic N) is 1. The molecule has 2 aromatic rings. The molecule has 1 N–H and O–H groups in total. The van der Waals surface area contributed by atoms with Crippen LogP contribution in [0, 0.1) is 0 Å². The van der Waals surface area contributed by atoms with Crippen molar-refractivity contribution in [1.29, 1.82) is 0 Å². The van der Waals surface area contributed by atoms with Gasteiger partial charge < -0.3 is 9.47 Å². The summed E-state index contributed by atoms with van der Waals surface area (Å²) >= 11 is 3.33. The van der Waals surface area contributed by atoms with Crippen molar-refractivity contribution in [2.24, 2.45) is 5.10 Å². The topological polar surface area (TPSA) is 42.9 Å². The van der Waals surface area contributed by atoms with Gasteiger partial charge >= 0.3 is 18.1 Å². The minimum Gasteiger partial charge on any atom is -0.490 e. The van der Waals surface area contributed by atoms with Gasteiger partial charge in [0.1, 0.15) is 6.61 Å². The lowest BCUT2D eigenvalue weighted by atomic mass is 10.1. The van der Waals surface area contributed by atoms with Crippen molar-refractivity contribution >= 4 is 22.1 Å². The molecule has 0 aromatic heterocycles. The van der Waals surface area contributed by atoms with Crippen LogP contribution < -0.4 is 14.9 Å². The highest BCUT2D eigenvalue weighted by Gasteiger charge is 2.73. The molecule has 0 radical (unpaired) electrons. The molecule has 0 spiro atoms. The predicted octanol–water partition coefficient (Wildman–Crippen LogP) is 6.87. The standard InChI is InChI=1S/C22H20BrF7N2O2/c1-3-5-16-10-15(12-31-32-22(29,30)20(24,25)21(26,27)28)11-18(33-4-2)19(16)34-13-14-6-8-17(23)9-7-14/h3,6-12,32H,1,4-5,13H2,2H3/b31-12+. The maximum Gasteiger partial charge on any atom is 0.462 e. The summed E-state index contributed by atoms with van der Waals surface area (Å²) in [5.74, 6) is -5.79. The largest absolute Gasteiger partial charge is 0.490 e. The summed E-state index contributed by atoms with van der Waals surface area (Å²) in [6.07, 6.45) is -4.00. The van der Waals surface area contributed by atoms with E-state index in [4.69, 9.17) is 9.47 Å². The number of hydrogen-bond donors (Lipinski definition) is 1. The lowest BCUT2D eigenvalue weighted by Crippen LogP contribution is -2.58. The quantitative estimate of drug-likeness (QED) is 0.108. The van der Waals surface area contributed by atoms with E-state index in [1.807, 2.05) is 24.3 Å². The molecule has 0 saturated carbocycles. The number of nitrogens with one attached hydrogen (secondary N) is 1. The fourth-order valence-electron chi connectivity index (χ4n) is 2.66. The molecule has 0 aliphatic carbocycles. The lowest BCUT2D eigenvalue weighted by Gasteiger charge is -2.27. The van der Waals surface area contributed by atoms with Gasteiger partial charge in [-0.2, -0.15) is 35.8 Å². The maximum atomic E-state index is 13.4. The van der Waals surface area contributed by atoms with Crippen molar-refractivity contribution in [3.63, 3.8) is 0 Å². The van der Waals surface area contributed by atoms with Crippen LogP contribution in [-0.2, 0) is 13.0 Å². The molecule has 2 rings (SSSR count). The molecule has 0 aliphatic rings. The van der Waals surface area contributed by atoms with Crippen LogP contribution in [0.25, 0.3) is 0 Å². The van der Waals surface area contributed by atoms with E-state index >= 15 is 0 Å². The SMILES string of the molecule is C=CCc1cc(/C=N/NC(F)(F)C(F)(F)C(F)(F)F)cc(OCC)c1OCc1ccc(Br)cc1. The second kappa shape index (κ2) is 11.1. The minimum atomic E-state index is -6.47. The summed E-state index contributed by atoms with van der Waals surface area (Å²) in [7, 11) is 0. The first kappa shape index (κ1) is 27.5. The Morgan fingerprint density at radius 1 is 1.03 bits per heavy atom. The monoisotopic (exact) mass is 556 g/mol. The van der Waals surface area contributed by atoms with E-state index in [1.165, 1.54) is 18.2 Å². The van der Waals surface area contributed by atoms with Crippen LogP contribution in [0.15, 0.2) is 58.6 Å². The molecule has 12 heteroatoms. The Morgan fingerprint density at radius 3 is 2.24 bits per heavy atom. The second-order valence-electron chi connectivity index (χ2n) is 6.86. The summed E-state index contributed by atoms with van der Waals surface area (Å²) in [5, 5.41) is 2.90. The Bertz CT molecular complexity index is 1010. The third kappa shape index (κ3) is 6.64. The van der Waals surface area contributed by atoms with Gasteiger partial charge in [-0.3, -0.25) is 0 Å². The van der Waals surface area contributed by atoms with Crippen LogP contribution in [0.5, 0.6) is 11.5 Å². The molecule has 0 saturated heterocycles. The molecule has 34 heavy (non-hydrogen) atoms. The number of rotatable bonds is 11. The molecule has 0 bridgehead atoms. The van der Waals surface area contributed by atoms with Crippen molar-refractivity contribution in [3.8, 4) is 11.5 Å². The first-order valence-corrected chi connectivity index (χ1v) is 10.5. The van der Waals surface area contributed by atoms with E-state index in [0.717, 1.165) is 10.0 Å². The van der Waals surface area contributed by atoms with E-state index < -0.39 is 18.1 Å². The molecule has 186 valence electrons. The maximum absolute atomic E-state index is 13.4. The van der Waals surface area contributed by atoms with Gasteiger partial charge in [0.2, 0.25) is 0 Å². The van der Waals surface area contributed by atoms with Crippen molar-refractivity contribution in [2.75, 3.05) is 6.61 Å². The number of hydrogen-bond acceptors (Lipinski definition) is 4. The molecular formula is C22H20BrF7N2O2. The smallest absolute Gasteiger partial charge is 0.462 e. The van der Waals surface area contributed by atoms with Gasteiger partial charge in [-0.25, -0.2) is 5.43 Å². The molecule has 2 aromatic carbocycles. The summed E-state index contributed by atoms with van der Waals surface area (Å²) in [6, 6.07) is 4.43. The molecular weight excluding hydrogens is 537 g/mol. The third-order valence-electron chi connectivity index (χ3n) is 4.28. The second-order valence-corrected chi connectivity index (χ2v) is 7.78. The van der Waals surface area contributed by atoms with Crippen LogP contribution in [0.3, 0.4) is 0 Å². The molecule has 0 amide bonds. The Hall–Kier alpha value is -2.76. The van der Waals surface area contributed by atoms with Crippen molar-refractivity contribution in [2.45, 2.75) is 38.1 Å². The average molecular weight is 557 g/mol. The van der Waals surface area contributed by atoms with E-state index in [-0.39, 0.29) is 30.9 Å². The number of ether oxygens (including phenoxy) is 2. The van der Waals surface area contributed by atoms with E-state index in [2.05, 4.69) is 27.6 Å².